The molecule has 0 aromatic heterocycles. The van der Waals surface area contributed by atoms with Gasteiger partial charge in [0.25, 0.3) is 10.1 Å². The van der Waals surface area contributed by atoms with Crippen molar-refractivity contribution >= 4 is 16.1 Å². The molecule has 2 aromatic carbocycles. The van der Waals surface area contributed by atoms with Gasteiger partial charge in [-0.3, -0.25) is 4.18 Å². The first-order chi connectivity index (χ1) is 13.6. The molecule has 0 N–H and O–H groups in total. The van der Waals surface area contributed by atoms with Crippen molar-refractivity contribution in [1.82, 2.24) is 0 Å². The number of hydrogen-bond acceptors (Lipinski definition) is 6. The van der Waals surface area contributed by atoms with E-state index in [1.165, 1.54) is 24.3 Å². The standard InChI is InChI=1S/C22H25NO5S/c1-22(2,3)27-21(24)20(11-7-10-17-8-5-4-6-9-17)28-29(25,26)19-14-12-18(16-23)13-15-19/h4-6,8-9,12-15,20H,7,10-11H2,1-3H3/t20-/m1/s1. The van der Waals surface area contributed by atoms with Crippen molar-refractivity contribution in [2.45, 2.75) is 56.6 Å². The van der Waals surface area contributed by atoms with Crippen LogP contribution in [0.25, 0.3) is 0 Å². The fraction of sp³-hybridized carbons (Fsp3) is 0.364. The molecule has 1 atom stereocenters. The highest BCUT2D eigenvalue weighted by Crippen LogP contribution is 2.20. The monoisotopic (exact) mass is 415 g/mol. The highest BCUT2D eigenvalue weighted by molar-refractivity contribution is 7.86. The zero-order valence-electron chi connectivity index (χ0n) is 16.8. The summed E-state index contributed by atoms with van der Waals surface area (Å²) in [6.07, 6.45) is 0.176. The average molecular weight is 416 g/mol. The van der Waals surface area contributed by atoms with Crippen molar-refractivity contribution in [3.05, 3.63) is 65.7 Å². The lowest BCUT2D eigenvalue weighted by molar-refractivity contribution is -0.163. The van der Waals surface area contributed by atoms with Crippen molar-refractivity contribution in [3.8, 4) is 6.07 Å². The van der Waals surface area contributed by atoms with Crippen molar-refractivity contribution in [3.63, 3.8) is 0 Å². The average Bonchev–Trinajstić information content (AvgIpc) is 2.66. The molecule has 0 spiro atoms. The number of nitriles is 1. The molecular weight excluding hydrogens is 390 g/mol. The third-order valence-corrected chi connectivity index (χ3v) is 5.29. The van der Waals surface area contributed by atoms with Gasteiger partial charge in [-0.1, -0.05) is 30.3 Å². The molecule has 2 rings (SSSR count). The lowest BCUT2D eigenvalue weighted by Gasteiger charge is -2.24. The topological polar surface area (TPSA) is 93.5 Å². The zero-order chi connectivity index (χ0) is 21.5. The van der Waals surface area contributed by atoms with Gasteiger partial charge in [0.15, 0.2) is 6.10 Å². The summed E-state index contributed by atoms with van der Waals surface area (Å²) in [6.45, 7) is 5.13. The maximum absolute atomic E-state index is 12.6. The van der Waals surface area contributed by atoms with Crippen LogP contribution in [0.5, 0.6) is 0 Å². The van der Waals surface area contributed by atoms with Crippen LogP contribution in [0.3, 0.4) is 0 Å². The van der Waals surface area contributed by atoms with E-state index in [-0.39, 0.29) is 11.3 Å². The van der Waals surface area contributed by atoms with Gasteiger partial charge in [0, 0.05) is 0 Å². The van der Waals surface area contributed by atoms with Crippen LogP contribution < -0.4 is 0 Å². The van der Waals surface area contributed by atoms with Crippen LogP contribution in [0.1, 0.15) is 44.7 Å². The first-order valence-corrected chi connectivity index (χ1v) is 10.7. The normalized spacial score (nSPS) is 12.8. The first kappa shape index (κ1) is 22.6. The Morgan fingerprint density at radius 2 is 1.69 bits per heavy atom. The number of carbonyl (C=O) groups is 1. The highest BCUT2D eigenvalue weighted by Gasteiger charge is 2.31. The quantitative estimate of drug-likeness (QED) is 0.478. The van der Waals surface area contributed by atoms with Crippen molar-refractivity contribution in [2.75, 3.05) is 0 Å². The number of hydrogen-bond donors (Lipinski definition) is 0. The summed E-state index contributed by atoms with van der Waals surface area (Å²) in [6, 6.07) is 17.0. The maximum atomic E-state index is 12.6. The highest BCUT2D eigenvalue weighted by atomic mass is 32.2. The van der Waals surface area contributed by atoms with Gasteiger partial charge in [-0.2, -0.15) is 13.7 Å². The Hall–Kier alpha value is -2.69. The summed E-state index contributed by atoms with van der Waals surface area (Å²) in [5, 5.41) is 8.86. The third kappa shape index (κ3) is 7.33. The molecule has 2 aromatic rings. The third-order valence-electron chi connectivity index (χ3n) is 3.96. The molecule has 0 aliphatic carbocycles. The summed E-state index contributed by atoms with van der Waals surface area (Å²) >= 11 is 0. The molecule has 0 unspecified atom stereocenters. The summed E-state index contributed by atoms with van der Waals surface area (Å²) in [5.74, 6) is -0.720. The summed E-state index contributed by atoms with van der Waals surface area (Å²) in [7, 11) is -4.19. The van der Waals surface area contributed by atoms with Gasteiger partial charge < -0.3 is 4.74 Å². The van der Waals surface area contributed by atoms with Gasteiger partial charge in [-0.15, -0.1) is 0 Å². The predicted octanol–water partition coefficient (Wildman–Crippen LogP) is 4.00. The van der Waals surface area contributed by atoms with Gasteiger partial charge in [0.2, 0.25) is 0 Å². The Balaban J connectivity index is 2.14. The van der Waals surface area contributed by atoms with Crippen LogP contribution >= 0.6 is 0 Å². The summed E-state index contributed by atoms with van der Waals surface area (Å²) < 4.78 is 35.9. The number of nitrogens with zero attached hydrogens (tertiary/aromatic N) is 1. The Labute approximate surface area is 172 Å². The second kappa shape index (κ2) is 9.68. The van der Waals surface area contributed by atoms with E-state index in [4.69, 9.17) is 14.2 Å². The molecule has 7 heteroatoms. The molecule has 0 radical (unpaired) electrons. The van der Waals surface area contributed by atoms with Crippen LogP contribution in [0.2, 0.25) is 0 Å². The molecule has 0 saturated carbocycles. The van der Waals surface area contributed by atoms with Gasteiger partial charge in [0.1, 0.15) is 5.60 Å². The molecule has 6 nitrogen and oxygen atoms in total. The van der Waals surface area contributed by atoms with Crippen molar-refractivity contribution < 1.29 is 22.1 Å². The van der Waals surface area contributed by atoms with Gasteiger partial charge in [-0.25, -0.2) is 4.79 Å². The molecule has 0 aliphatic heterocycles. The van der Waals surface area contributed by atoms with E-state index in [1.54, 1.807) is 20.8 Å². The number of esters is 1. The van der Waals surface area contributed by atoms with E-state index >= 15 is 0 Å². The number of rotatable bonds is 8. The smallest absolute Gasteiger partial charge is 0.337 e. The fourth-order valence-corrected chi connectivity index (χ4v) is 3.67. The minimum atomic E-state index is -4.19. The first-order valence-electron chi connectivity index (χ1n) is 9.31. The van der Waals surface area contributed by atoms with Crippen molar-refractivity contribution in [2.24, 2.45) is 0 Å². The maximum Gasteiger partial charge on any atom is 0.337 e. The SMILES string of the molecule is CC(C)(C)OC(=O)[C@@H](CCCc1ccccc1)OS(=O)(=O)c1ccc(C#N)cc1. The minimum Gasteiger partial charge on any atom is -0.458 e. The predicted molar refractivity (Wildman–Crippen MR) is 108 cm³/mol. The molecule has 0 amide bonds. The van der Waals surface area contributed by atoms with Crippen LogP contribution in [-0.4, -0.2) is 26.1 Å². The molecule has 0 bridgehead atoms. The number of aryl methyl sites for hydroxylation is 1. The Kier molecular flexibility index (Phi) is 7.54. The molecule has 0 saturated heterocycles. The van der Waals surface area contributed by atoms with Crippen LogP contribution in [0.15, 0.2) is 59.5 Å². The molecular formula is C22H25NO5S. The van der Waals surface area contributed by atoms with Crippen LogP contribution in [-0.2, 0) is 30.3 Å². The van der Waals surface area contributed by atoms with E-state index in [9.17, 15) is 13.2 Å². The van der Waals surface area contributed by atoms with E-state index < -0.39 is 27.8 Å². The Bertz CT molecular complexity index is 955. The Morgan fingerprint density at radius 1 is 1.07 bits per heavy atom. The Morgan fingerprint density at radius 3 is 2.24 bits per heavy atom. The molecule has 0 aliphatic rings. The number of benzene rings is 2. The van der Waals surface area contributed by atoms with E-state index in [0.717, 1.165) is 5.56 Å². The van der Waals surface area contributed by atoms with E-state index in [2.05, 4.69) is 0 Å². The number of carbonyl (C=O) groups excluding carboxylic acids is 1. The van der Waals surface area contributed by atoms with E-state index in [0.29, 0.717) is 18.4 Å². The van der Waals surface area contributed by atoms with Gasteiger partial charge in [0.05, 0.1) is 16.5 Å². The second-order valence-corrected chi connectivity index (χ2v) is 9.16. The van der Waals surface area contributed by atoms with Gasteiger partial charge in [-0.05, 0) is 69.9 Å². The second-order valence-electron chi connectivity index (χ2n) is 7.59. The largest absolute Gasteiger partial charge is 0.458 e. The fourth-order valence-electron chi connectivity index (χ4n) is 2.61. The van der Waals surface area contributed by atoms with Crippen LogP contribution in [0, 0.1) is 11.3 Å². The number of ether oxygens (including phenoxy) is 1. The van der Waals surface area contributed by atoms with E-state index in [1.807, 2.05) is 36.4 Å². The lowest BCUT2D eigenvalue weighted by Crippen LogP contribution is -2.35. The van der Waals surface area contributed by atoms with Gasteiger partial charge >= 0.3 is 5.97 Å². The zero-order valence-corrected chi connectivity index (χ0v) is 17.6. The summed E-state index contributed by atoms with van der Waals surface area (Å²) in [5.41, 5.74) is 0.650. The molecule has 154 valence electrons. The molecule has 0 heterocycles. The van der Waals surface area contributed by atoms with Crippen LogP contribution in [0.4, 0.5) is 0 Å². The minimum absolute atomic E-state index is 0.117. The van der Waals surface area contributed by atoms with Crippen molar-refractivity contribution in [1.29, 1.82) is 5.26 Å². The molecule has 29 heavy (non-hydrogen) atoms. The molecule has 0 fully saturated rings. The lowest BCUT2D eigenvalue weighted by atomic mass is 10.1. The summed E-state index contributed by atoms with van der Waals surface area (Å²) in [4.78, 5) is 12.4.